The van der Waals surface area contributed by atoms with Gasteiger partial charge in [0.2, 0.25) is 21.9 Å². The second-order valence-corrected chi connectivity index (χ2v) is 12.2. The largest absolute Gasteiger partial charge is 0.492 e. The number of methoxy groups -OCH3 is 1. The van der Waals surface area contributed by atoms with E-state index in [-0.39, 0.29) is 16.9 Å². The summed E-state index contributed by atoms with van der Waals surface area (Å²) in [5, 5.41) is 10.1. The lowest BCUT2D eigenvalue weighted by molar-refractivity contribution is 0.262. The summed E-state index contributed by atoms with van der Waals surface area (Å²) >= 11 is 0. The lowest BCUT2D eigenvalue weighted by atomic mass is 9.86. The summed E-state index contributed by atoms with van der Waals surface area (Å²) in [5.41, 5.74) is 2.29. The Kier molecular flexibility index (Phi) is 8.24. The minimum absolute atomic E-state index is 0.188. The van der Waals surface area contributed by atoms with Crippen molar-refractivity contribution >= 4 is 49.8 Å². The molecule has 0 aliphatic carbocycles. The summed E-state index contributed by atoms with van der Waals surface area (Å²) < 4.78 is 38.2. The third-order valence-corrected chi connectivity index (χ3v) is 6.69. The predicted molar refractivity (Wildman–Crippen MR) is 163 cm³/mol. The maximum absolute atomic E-state index is 13.3. The lowest BCUT2D eigenvalue weighted by Crippen LogP contribution is -2.22. The highest BCUT2D eigenvalue weighted by Crippen LogP contribution is 2.39. The van der Waals surface area contributed by atoms with E-state index in [0.717, 1.165) is 28.3 Å². The van der Waals surface area contributed by atoms with Crippen molar-refractivity contribution in [3.63, 3.8) is 0 Å². The van der Waals surface area contributed by atoms with Gasteiger partial charge < -0.3 is 25.4 Å². The molecule has 0 saturated heterocycles. The zero-order chi connectivity index (χ0) is 29.9. The fourth-order valence-corrected chi connectivity index (χ4v) is 4.76. The number of fused-ring (bicyclic) bond motifs is 1. The number of anilines is 4. The van der Waals surface area contributed by atoms with Gasteiger partial charge >= 0.3 is 6.03 Å². The van der Waals surface area contributed by atoms with Gasteiger partial charge in [-0.3, -0.25) is 4.72 Å². The van der Waals surface area contributed by atoms with E-state index < -0.39 is 16.1 Å². The third kappa shape index (κ3) is 7.14. The number of aromatic nitrogens is 2. The highest BCUT2D eigenvalue weighted by molar-refractivity contribution is 7.92. The fourth-order valence-electron chi connectivity index (χ4n) is 4.21. The molecule has 0 aliphatic rings. The smallest absolute Gasteiger partial charge is 0.323 e. The monoisotopic (exact) mass is 578 g/mol. The number of amides is 2. The Morgan fingerprint density at radius 3 is 2.20 bits per heavy atom. The standard InChI is InChI=1S/C29H34N6O5S/c1-17-14-25(34-27(30-5)31-17)40-24-13-12-21(19-10-8-9-11-20(19)24)32-28(36)33-22-15-18(29(2,3)4)16-23(26(22)39-6)35-41(7,37)38/h8-16,35H,1-7H3,(H,30,31,34)(H2,32,33,36). The molecule has 12 heteroatoms. The van der Waals surface area contributed by atoms with E-state index in [2.05, 4.69) is 30.6 Å². The normalized spacial score (nSPS) is 11.6. The predicted octanol–water partition coefficient (Wildman–Crippen LogP) is 6.09. The molecule has 11 nitrogen and oxygen atoms in total. The number of benzene rings is 3. The van der Waals surface area contributed by atoms with Crippen LogP contribution in [-0.2, 0) is 15.4 Å². The number of carbonyl (C=O) groups excluding carboxylic acids is 1. The van der Waals surface area contributed by atoms with Crippen LogP contribution in [0, 0.1) is 6.92 Å². The van der Waals surface area contributed by atoms with Gasteiger partial charge in [0.25, 0.3) is 0 Å². The van der Waals surface area contributed by atoms with E-state index in [4.69, 9.17) is 9.47 Å². The minimum Gasteiger partial charge on any atom is -0.492 e. The Morgan fingerprint density at radius 2 is 1.56 bits per heavy atom. The van der Waals surface area contributed by atoms with Crippen LogP contribution in [0.5, 0.6) is 17.4 Å². The molecule has 2 amide bonds. The molecule has 3 aromatic carbocycles. The highest BCUT2D eigenvalue weighted by Gasteiger charge is 2.22. The van der Waals surface area contributed by atoms with Crippen LogP contribution in [0.4, 0.5) is 27.8 Å². The van der Waals surface area contributed by atoms with E-state index in [9.17, 15) is 13.2 Å². The fraction of sp³-hybridized carbons (Fsp3) is 0.276. The first-order valence-corrected chi connectivity index (χ1v) is 14.7. The summed E-state index contributed by atoms with van der Waals surface area (Å²) in [4.78, 5) is 21.9. The van der Waals surface area contributed by atoms with Crippen molar-refractivity contribution in [1.29, 1.82) is 0 Å². The molecule has 0 spiro atoms. The molecule has 4 aromatic rings. The molecule has 1 heterocycles. The summed E-state index contributed by atoms with van der Waals surface area (Å²) in [5.74, 6) is 1.57. The molecule has 41 heavy (non-hydrogen) atoms. The summed E-state index contributed by atoms with van der Waals surface area (Å²) in [6.07, 6.45) is 1.06. The van der Waals surface area contributed by atoms with Crippen LogP contribution in [-0.4, -0.2) is 44.8 Å². The number of nitrogens with one attached hydrogen (secondary N) is 4. The number of hydrogen-bond donors (Lipinski definition) is 4. The van der Waals surface area contributed by atoms with Crippen LogP contribution in [0.1, 0.15) is 32.0 Å². The number of carbonyl (C=O) groups is 1. The van der Waals surface area contributed by atoms with Gasteiger partial charge in [0.1, 0.15) is 5.75 Å². The Balaban J connectivity index is 1.66. The maximum atomic E-state index is 13.3. The Hall–Kier alpha value is -4.58. The summed E-state index contributed by atoms with van der Waals surface area (Å²) in [6, 6.07) is 15.7. The van der Waals surface area contributed by atoms with Gasteiger partial charge in [0, 0.05) is 29.6 Å². The molecule has 0 fully saturated rings. The number of aryl methyl sites for hydroxylation is 1. The Labute approximate surface area is 239 Å². The van der Waals surface area contributed by atoms with E-state index in [1.54, 1.807) is 37.4 Å². The van der Waals surface area contributed by atoms with Gasteiger partial charge in [-0.25, -0.2) is 18.2 Å². The number of sulfonamides is 1. The Morgan fingerprint density at radius 1 is 0.902 bits per heavy atom. The Bertz CT molecular complexity index is 1720. The number of urea groups is 1. The number of rotatable bonds is 8. The quantitative estimate of drug-likeness (QED) is 0.197. The second-order valence-electron chi connectivity index (χ2n) is 10.5. The van der Waals surface area contributed by atoms with E-state index in [0.29, 0.717) is 29.0 Å². The van der Waals surface area contributed by atoms with Gasteiger partial charge in [0.05, 0.1) is 30.4 Å². The van der Waals surface area contributed by atoms with Gasteiger partial charge in [-0.15, -0.1) is 0 Å². The van der Waals surface area contributed by atoms with Gasteiger partial charge in [-0.2, -0.15) is 4.98 Å². The molecule has 0 radical (unpaired) electrons. The van der Waals surface area contributed by atoms with Gasteiger partial charge in [0.15, 0.2) is 5.75 Å². The zero-order valence-corrected chi connectivity index (χ0v) is 24.9. The first-order chi connectivity index (χ1) is 19.3. The van der Waals surface area contributed by atoms with Crippen LogP contribution < -0.4 is 30.1 Å². The van der Waals surface area contributed by atoms with Crippen molar-refractivity contribution in [2.24, 2.45) is 0 Å². The van der Waals surface area contributed by atoms with Crippen molar-refractivity contribution in [3.05, 3.63) is 65.9 Å². The van der Waals surface area contributed by atoms with Crippen molar-refractivity contribution in [1.82, 2.24) is 9.97 Å². The molecule has 4 N–H and O–H groups in total. The second kappa shape index (κ2) is 11.5. The van der Waals surface area contributed by atoms with E-state index in [1.165, 1.54) is 7.11 Å². The van der Waals surface area contributed by atoms with Crippen molar-refractivity contribution in [2.75, 3.05) is 41.1 Å². The average molecular weight is 579 g/mol. The maximum Gasteiger partial charge on any atom is 0.323 e. The topological polar surface area (TPSA) is 144 Å². The SMILES string of the molecule is CNc1nc(C)cc(Oc2ccc(NC(=O)Nc3cc(C(C)(C)C)cc(NS(C)(=O)=O)c3OC)c3ccccc23)n1. The molecule has 1 aromatic heterocycles. The molecule has 0 saturated carbocycles. The molecule has 0 atom stereocenters. The molecule has 0 aliphatic heterocycles. The summed E-state index contributed by atoms with van der Waals surface area (Å²) in [7, 11) is -0.461. The molecular weight excluding hydrogens is 544 g/mol. The van der Waals surface area contributed by atoms with Crippen LogP contribution >= 0.6 is 0 Å². The van der Waals surface area contributed by atoms with Crippen molar-refractivity contribution < 1.29 is 22.7 Å². The number of ether oxygens (including phenoxy) is 2. The van der Waals surface area contributed by atoms with Crippen LogP contribution in [0.3, 0.4) is 0 Å². The van der Waals surface area contributed by atoms with E-state index >= 15 is 0 Å². The number of hydrogen-bond acceptors (Lipinski definition) is 8. The van der Waals surface area contributed by atoms with E-state index in [1.807, 2.05) is 52.0 Å². The minimum atomic E-state index is -3.60. The van der Waals surface area contributed by atoms with Crippen LogP contribution in [0.25, 0.3) is 10.8 Å². The molecular formula is C29H34N6O5S. The van der Waals surface area contributed by atoms with Gasteiger partial charge in [-0.05, 0) is 42.2 Å². The van der Waals surface area contributed by atoms with Crippen molar-refractivity contribution in [2.45, 2.75) is 33.1 Å². The molecule has 0 bridgehead atoms. The molecule has 216 valence electrons. The molecule has 4 rings (SSSR count). The van der Waals surface area contributed by atoms with Crippen molar-refractivity contribution in [3.8, 4) is 17.4 Å². The first kappa shape index (κ1) is 29.4. The lowest BCUT2D eigenvalue weighted by Gasteiger charge is -2.24. The van der Waals surface area contributed by atoms with Crippen LogP contribution in [0.15, 0.2) is 54.6 Å². The average Bonchev–Trinajstić information content (AvgIpc) is 2.88. The van der Waals surface area contributed by atoms with Crippen LogP contribution in [0.2, 0.25) is 0 Å². The summed E-state index contributed by atoms with van der Waals surface area (Å²) in [6.45, 7) is 7.81. The molecule has 0 unspecified atom stereocenters. The number of nitrogens with zero attached hydrogens (tertiary/aromatic N) is 2. The van der Waals surface area contributed by atoms with Gasteiger partial charge in [-0.1, -0.05) is 45.0 Å². The third-order valence-electron chi connectivity index (χ3n) is 6.10. The first-order valence-electron chi connectivity index (χ1n) is 12.8. The zero-order valence-electron chi connectivity index (χ0n) is 24.0. The highest BCUT2D eigenvalue weighted by atomic mass is 32.2.